The highest BCUT2D eigenvalue weighted by Gasteiger charge is 2.15. The predicted octanol–water partition coefficient (Wildman–Crippen LogP) is 5.09. The van der Waals surface area contributed by atoms with Crippen molar-refractivity contribution < 1.29 is 0 Å². The third-order valence-electron chi connectivity index (χ3n) is 3.19. The van der Waals surface area contributed by atoms with Crippen LogP contribution in [0.2, 0.25) is 0 Å². The van der Waals surface area contributed by atoms with Gasteiger partial charge >= 0.3 is 0 Å². The number of halogens is 2. The highest BCUT2D eigenvalue weighted by molar-refractivity contribution is 9.11. The molecule has 2 aromatic rings. The van der Waals surface area contributed by atoms with E-state index in [1.165, 1.54) is 11.2 Å². The number of hydrogen-bond donors (Lipinski definition) is 0. The summed E-state index contributed by atoms with van der Waals surface area (Å²) in [6.45, 7) is 6.67. The van der Waals surface area contributed by atoms with Gasteiger partial charge in [-0.05, 0) is 63.8 Å². The van der Waals surface area contributed by atoms with Crippen molar-refractivity contribution in [3.05, 3.63) is 26.9 Å². The van der Waals surface area contributed by atoms with Crippen LogP contribution in [0.25, 0.3) is 11.0 Å². The molecule has 2 rings (SSSR count). The first-order valence-corrected chi connectivity index (χ1v) is 7.52. The van der Waals surface area contributed by atoms with Gasteiger partial charge in [0, 0.05) is 16.2 Å². The van der Waals surface area contributed by atoms with Crippen molar-refractivity contribution in [3.63, 3.8) is 0 Å². The number of aromatic nitrogens is 2. The van der Waals surface area contributed by atoms with Crippen molar-refractivity contribution in [2.24, 2.45) is 0 Å². The van der Waals surface area contributed by atoms with E-state index < -0.39 is 0 Å². The maximum atomic E-state index is 4.55. The van der Waals surface area contributed by atoms with Crippen LogP contribution in [0.15, 0.2) is 21.2 Å². The minimum Gasteiger partial charge on any atom is -0.340 e. The maximum Gasteiger partial charge on any atom is 0.108 e. The van der Waals surface area contributed by atoms with E-state index in [1.54, 1.807) is 0 Å². The Morgan fingerprint density at radius 3 is 2.59 bits per heavy atom. The fourth-order valence-corrected chi connectivity index (χ4v) is 3.50. The van der Waals surface area contributed by atoms with Gasteiger partial charge in [-0.15, -0.1) is 0 Å². The molecule has 0 spiro atoms. The summed E-state index contributed by atoms with van der Waals surface area (Å²) in [4.78, 5) is 4.55. The molecule has 0 saturated carbocycles. The Labute approximate surface area is 119 Å². The van der Waals surface area contributed by atoms with Crippen molar-refractivity contribution in [3.8, 4) is 0 Å². The Morgan fingerprint density at radius 2 is 2.00 bits per heavy atom. The molecule has 0 aliphatic heterocycles. The summed E-state index contributed by atoms with van der Waals surface area (Å²) in [5.74, 6) is 0. The Bertz CT molecular complexity index is 546. The molecule has 2 aromatic heterocycles. The number of hydrogen-bond acceptors (Lipinski definition) is 1. The summed E-state index contributed by atoms with van der Waals surface area (Å²) >= 11 is 7.09. The van der Waals surface area contributed by atoms with Gasteiger partial charge in [-0.1, -0.05) is 13.8 Å². The standard InChI is InChI=1S/C13H16Br2N2/c1-4-8(3)17-9(5-2)6-11-13(17)10(14)7-12(15)16-11/h6-8H,4-5H2,1-3H3. The summed E-state index contributed by atoms with van der Waals surface area (Å²) in [6, 6.07) is 4.71. The van der Waals surface area contributed by atoms with Gasteiger partial charge in [-0.25, -0.2) is 4.98 Å². The van der Waals surface area contributed by atoms with Crippen LogP contribution in [0, 0.1) is 0 Å². The van der Waals surface area contributed by atoms with Crippen molar-refractivity contribution >= 4 is 42.9 Å². The molecule has 0 fully saturated rings. The number of rotatable bonds is 3. The monoisotopic (exact) mass is 358 g/mol. The molecule has 0 aliphatic rings. The Hall–Kier alpha value is -0.350. The van der Waals surface area contributed by atoms with Crippen LogP contribution in [-0.2, 0) is 6.42 Å². The Balaban J connectivity index is 2.78. The number of fused-ring (bicyclic) bond motifs is 1. The van der Waals surface area contributed by atoms with Gasteiger partial charge in [0.1, 0.15) is 4.60 Å². The van der Waals surface area contributed by atoms with E-state index in [9.17, 15) is 0 Å². The van der Waals surface area contributed by atoms with Gasteiger partial charge in [0.05, 0.1) is 11.0 Å². The number of aryl methyl sites for hydroxylation is 1. The third kappa shape index (κ3) is 2.29. The lowest BCUT2D eigenvalue weighted by Crippen LogP contribution is -2.07. The zero-order valence-electron chi connectivity index (χ0n) is 10.3. The van der Waals surface area contributed by atoms with Gasteiger partial charge in [-0.2, -0.15) is 0 Å². The van der Waals surface area contributed by atoms with Gasteiger partial charge in [0.15, 0.2) is 0 Å². The second kappa shape index (κ2) is 5.11. The first-order valence-electron chi connectivity index (χ1n) is 5.94. The Morgan fingerprint density at radius 1 is 1.29 bits per heavy atom. The molecule has 4 heteroatoms. The first-order chi connectivity index (χ1) is 8.08. The van der Waals surface area contributed by atoms with E-state index >= 15 is 0 Å². The summed E-state index contributed by atoms with van der Waals surface area (Å²) in [7, 11) is 0. The van der Waals surface area contributed by atoms with Crippen LogP contribution in [0.1, 0.15) is 38.9 Å². The van der Waals surface area contributed by atoms with Crippen LogP contribution in [-0.4, -0.2) is 9.55 Å². The molecular weight excluding hydrogens is 344 g/mol. The SMILES string of the molecule is CCc1cc2nc(Br)cc(Br)c2n1C(C)CC. The summed E-state index contributed by atoms with van der Waals surface area (Å²) in [6.07, 6.45) is 2.16. The normalized spacial score (nSPS) is 13.2. The minimum absolute atomic E-state index is 0.502. The summed E-state index contributed by atoms with van der Waals surface area (Å²) < 4.78 is 4.38. The lowest BCUT2D eigenvalue weighted by Gasteiger charge is -2.17. The van der Waals surface area contributed by atoms with Crippen molar-refractivity contribution in [2.75, 3.05) is 0 Å². The zero-order chi connectivity index (χ0) is 12.6. The molecule has 0 bridgehead atoms. The van der Waals surface area contributed by atoms with Gasteiger partial charge in [-0.3, -0.25) is 0 Å². The van der Waals surface area contributed by atoms with Crippen molar-refractivity contribution in [1.29, 1.82) is 0 Å². The highest BCUT2D eigenvalue weighted by atomic mass is 79.9. The van der Waals surface area contributed by atoms with E-state index in [4.69, 9.17) is 0 Å². The van der Waals surface area contributed by atoms with Crippen LogP contribution < -0.4 is 0 Å². The topological polar surface area (TPSA) is 17.8 Å². The average molecular weight is 360 g/mol. The molecule has 17 heavy (non-hydrogen) atoms. The molecule has 1 unspecified atom stereocenters. The molecule has 2 heterocycles. The van der Waals surface area contributed by atoms with Gasteiger partial charge in [0.25, 0.3) is 0 Å². The molecule has 0 aromatic carbocycles. The lowest BCUT2D eigenvalue weighted by molar-refractivity contribution is 0.530. The zero-order valence-corrected chi connectivity index (χ0v) is 13.5. The quantitative estimate of drug-likeness (QED) is 0.697. The van der Waals surface area contributed by atoms with Crippen LogP contribution in [0.3, 0.4) is 0 Å². The second-order valence-electron chi connectivity index (χ2n) is 4.28. The van der Waals surface area contributed by atoms with E-state index in [2.05, 4.69) is 68.2 Å². The van der Waals surface area contributed by atoms with Crippen LogP contribution in [0.4, 0.5) is 0 Å². The minimum atomic E-state index is 0.502. The van der Waals surface area contributed by atoms with E-state index in [-0.39, 0.29) is 0 Å². The van der Waals surface area contributed by atoms with Crippen molar-refractivity contribution in [2.45, 2.75) is 39.7 Å². The first kappa shape index (κ1) is 13.1. The fourth-order valence-electron chi connectivity index (χ4n) is 2.16. The molecular formula is C13H16Br2N2. The fraction of sp³-hybridized carbons (Fsp3) is 0.462. The van der Waals surface area contributed by atoms with Crippen LogP contribution >= 0.6 is 31.9 Å². The third-order valence-corrected chi connectivity index (χ3v) is 4.20. The van der Waals surface area contributed by atoms with Gasteiger partial charge in [0.2, 0.25) is 0 Å². The van der Waals surface area contributed by atoms with Gasteiger partial charge < -0.3 is 4.57 Å². The second-order valence-corrected chi connectivity index (χ2v) is 5.94. The maximum absolute atomic E-state index is 4.55. The Kier molecular flexibility index (Phi) is 3.93. The van der Waals surface area contributed by atoms with Crippen molar-refractivity contribution in [1.82, 2.24) is 9.55 Å². The molecule has 0 aliphatic carbocycles. The molecule has 2 nitrogen and oxygen atoms in total. The van der Waals surface area contributed by atoms with E-state index in [0.29, 0.717) is 6.04 Å². The number of nitrogens with zero attached hydrogens (tertiary/aromatic N) is 2. The summed E-state index contributed by atoms with van der Waals surface area (Å²) in [5, 5.41) is 0. The largest absolute Gasteiger partial charge is 0.340 e. The van der Waals surface area contributed by atoms with Crippen LogP contribution in [0.5, 0.6) is 0 Å². The molecule has 0 amide bonds. The lowest BCUT2D eigenvalue weighted by atomic mass is 10.2. The number of pyridine rings is 1. The van der Waals surface area contributed by atoms with E-state index in [1.807, 2.05) is 6.07 Å². The predicted molar refractivity (Wildman–Crippen MR) is 79.5 cm³/mol. The molecule has 92 valence electrons. The summed E-state index contributed by atoms with van der Waals surface area (Å²) in [5.41, 5.74) is 3.61. The molecule has 0 saturated heterocycles. The smallest absolute Gasteiger partial charge is 0.108 e. The average Bonchev–Trinajstić information content (AvgIpc) is 2.66. The molecule has 1 atom stereocenters. The molecule has 0 radical (unpaired) electrons. The molecule has 0 N–H and O–H groups in total. The van der Waals surface area contributed by atoms with E-state index in [0.717, 1.165) is 27.4 Å². The highest BCUT2D eigenvalue weighted by Crippen LogP contribution is 2.32.